The van der Waals surface area contributed by atoms with E-state index in [4.69, 9.17) is 11.6 Å². The van der Waals surface area contributed by atoms with Gasteiger partial charge < -0.3 is 15.2 Å². The fourth-order valence-corrected chi connectivity index (χ4v) is 4.84. The lowest BCUT2D eigenvalue weighted by molar-refractivity contribution is -0.128. The van der Waals surface area contributed by atoms with Crippen LogP contribution in [-0.2, 0) is 28.9 Å². The van der Waals surface area contributed by atoms with Crippen molar-refractivity contribution in [2.75, 3.05) is 18.4 Å². The van der Waals surface area contributed by atoms with Crippen LogP contribution in [0.3, 0.4) is 0 Å². The first-order valence-corrected chi connectivity index (χ1v) is 10.9. The number of fused-ring (bicyclic) bond motifs is 2. The number of anilines is 1. The largest absolute Gasteiger partial charge is 0.361 e. The van der Waals surface area contributed by atoms with E-state index in [1.807, 2.05) is 30.5 Å². The molecule has 3 aromatic rings. The Hall–Kier alpha value is -2.79. The Bertz CT molecular complexity index is 1140. The molecule has 1 aromatic heterocycles. The minimum Gasteiger partial charge on any atom is -0.361 e. The molecule has 1 aliphatic carbocycles. The number of H-pyrrole nitrogens is 1. The molecule has 5 rings (SSSR count). The standard InChI is InChI=1S/C24H24ClN3O2/c25-19-5-7-22-21(12-19)17(13-26-22)8-9-28-14-18(11-23(28)29)24(30)27-20-6-4-15-2-1-3-16(15)10-20/h4-7,10,12-13,18,26H,1-3,8-9,11,14H2,(H,27,30)/t18-/m0/s1. The van der Waals surface area contributed by atoms with Crippen molar-refractivity contribution in [2.45, 2.75) is 32.1 Å². The fraction of sp³-hybridized carbons (Fsp3) is 0.333. The molecule has 2 aliphatic rings. The van der Waals surface area contributed by atoms with Crippen molar-refractivity contribution in [2.24, 2.45) is 5.92 Å². The lowest BCUT2D eigenvalue weighted by atomic mass is 10.1. The SMILES string of the molecule is O=C(Nc1ccc2c(c1)CCC2)[C@H]1CC(=O)N(CCc2c[nH]c3ccc(Cl)cc23)C1. The summed E-state index contributed by atoms with van der Waals surface area (Å²) < 4.78 is 0. The van der Waals surface area contributed by atoms with Crippen LogP contribution in [0.25, 0.3) is 10.9 Å². The number of aromatic nitrogens is 1. The van der Waals surface area contributed by atoms with Crippen LogP contribution < -0.4 is 5.32 Å². The average Bonchev–Trinajstić information content (AvgIpc) is 3.44. The molecule has 2 amide bonds. The van der Waals surface area contributed by atoms with Crippen molar-refractivity contribution in [3.05, 3.63) is 64.3 Å². The van der Waals surface area contributed by atoms with E-state index in [9.17, 15) is 9.59 Å². The van der Waals surface area contributed by atoms with Gasteiger partial charge in [-0.25, -0.2) is 0 Å². The van der Waals surface area contributed by atoms with E-state index in [2.05, 4.69) is 22.4 Å². The number of aryl methyl sites for hydroxylation is 2. The monoisotopic (exact) mass is 421 g/mol. The van der Waals surface area contributed by atoms with Crippen molar-refractivity contribution >= 4 is 40.0 Å². The van der Waals surface area contributed by atoms with Gasteiger partial charge in [0, 0.05) is 47.3 Å². The van der Waals surface area contributed by atoms with E-state index in [-0.39, 0.29) is 24.2 Å². The highest BCUT2D eigenvalue weighted by Crippen LogP contribution is 2.27. The number of carbonyl (C=O) groups excluding carboxylic acids is 2. The third-order valence-electron chi connectivity index (χ3n) is 6.33. The molecule has 1 fully saturated rings. The summed E-state index contributed by atoms with van der Waals surface area (Å²) in [6.45, 7) is 1.07. The quantitative estimate of drug-likeness (QED) is 0.643. The van der Waals surface area contributed by atoms with Gasteiger partial charge in [-0.15, -0.1) is 0 Å². The van der Waals surface area contributed by atoms with Gasteiger partial charge in [0.25, 0.3) is 0 Å². The molecule has 0 spiro atoms. The molecule has 1 saturated heterocycles. The second-order valence-electron chi connectivity index (χ2n) is 8.32. The Morgan fingerprint density at radius 1 is 1.17 bits per heavy atom. The maximum Gasteiger partial charge on any atom is 0.229 e. The molecule has 5 nitrogen and oxygen atoms in total. The molecule has 0 bridgehead atoms. The van der Waals surface area contributed by atoms with Crippen LogP contribution in [0.2, 0.25) is 5.02 Å². The maximum atomic E-state index is 12.7. The van der Waals surface area contributed by atoms with E-state index >= 15 is 0 Å². The van der Waals surface area contributed by atoms with Crippen LogP contribution in [-0.4, -0.2) is 34.8 Å². The van der Waals surface area contributed by atoms with Crippen molar-refractivity contribution < 1.29 is 9.59 Å². The van der Waals surface area contributed by atoms with Gasteiger partial charge in [0.2, 0.25) is 11.8 Å². The van der Waals surface area contributed by atoms with Gasteiger partial charge in [0.15, 0.2) is 0 Å². The number of amides is 2. The molecule has 2 heterocycles. The Morgan fingerprint density at radius 2 is 2.03 bits per heavy atom. The molecule has 1 aliphatic heterocycles. The zero-order valence-corrected chi connectivity index (χ0v) is 17.5. The van der Waals surface area contributed by atoms with Gasteiger partial charge in [0.05, 0.1) is 5.92 Å². The average molecular weight is 422 g/mol. The lowest BCUT2D eigenvalue weighted by Gasteiger charge is -2.16. The summed E-state index contributed by atoms with van der Waals surface area (Å²) in [5.41, 5.74) is 5.71. The number of hydrogen-bond donors (Lipinski definition) is 2. The summed E-state index contributed by atoms with van der Waals surface area (Å²) >= 11 is 6.13. The van der Waals surface area contributed by atoms with Gasteiger partial charge >= 0.3 is 0 Å². The highest BCUT2D eigenvalue weighted by molar-refractivity contribution is 6.31. The summed E-state index contributed by atoms with van der Waals surface area (Å²) in [6, 6.07) is 11.9. The molecule has 0 saturated carbocycles. The lowest BCUT2D eigenvalue weighted by Crippen LogP contribution is -2.30. The van der Waals surface area contributed by atoms with Crippen LogP contribution in [0.1, 0.15) is 29.5 Å². The van der Waals surface area contributed by atoms with Gasteiger partial charge in [-0.3, -0.25) is 9.59 Å². The molecule has 2 N–H and O–H groups in total. The van der Waals surface area contributed by atoms with Gasteiger partial charge in [-0.1, -0.05) is 17.7 Å². The summed E-state index contributed by atoms with van der Waals surface area (Å²) in [6.07, 6.45) is 6.36. The number of nitrogens with one attached hydrogen (secondary N) is 2. The van der Waals surface area contributed by atoms with Crippen LogP contribution in [0.5, 0.6) is 0 Å². The third-order valence-corrected chi connectivity index (χ3v) is 6.57. The van der Waals surface area contributed by atoms with E-state index in [0.29, 0.717) is 18.1 Å². The summed E-state index contributed by atoms with van der Waals surface area (Å²) in [7, 11) is 0. The molecule has 2 aromatic carbocycles. The van der Waals surface area contributed by atoms with Gasteiger partial charge in [-0.2, -0.15) is 0 Å². The van der Waals surface area contributed by atoms with E-state index in [1.165, 1.54) is 17.5 Å². The van der Waals surface area contributed by atoms with Crippen molar-refractivity contribution in [1.82, 2.24) is 9.88 Å². The second-order valence-corrected chi connectivity index (χ2v) is 8.76. The molecular weight excluding hydrogens is 398 g/mol. The van der Waals surface area contributed by atoms with Crippen LogP contribution in [0, 0.1) is 5.92 Å². The zero-order chi connectivity index (χ0) is 20.7. The Labute approximate surface area is 180 Å². The molecule has 6 heteroatoms. The first-order chi connectivity index (χ1) is 14.6. The van der Waals surface area contributed by atoms with Crippen molar-refractivity contribution in [1.29, 1.82) is 0 Å². The van der Waals surface area contributed by atoms with Crippen molar-refractivity contribution in [3.63, 3.8) is 0 Å². The highest BCUT2D eigenvalue weighted by atomic mass is 35.5. The predicted octanol–water partition coefficient (Wildman–Crippen LogP) is 4.34. The molecular formula is C24H24ClN3O2. The number of hydrogen-bond acceptors (Lipinski definition) is 2. The smallest absolute Gasteiger partial charge is 0.229 e. The number of nitrogens with zero attached hydrogens (tertiary/aromatic N) is 1. The Kier molecular flexibility index (Phi) is 4.99. The summed E-state index contributed by atoms with van der Waals surface area (Å²) in [5, 5.41) is 4.80. The number of aromatic amines is 1. The van der Waals surface area contributed by atoms with Crippen molar-refractivity contribution in [3.8, 4) is 0 Å². The number of halogens is 1. The second kappa shape index (κ2) is 7.80. The molecule has 30 heavy (non-hydrogen) atoms. The molecule has 1 atom stereocenters. The first kappa shape index (κ1) is 19.2. The van der Waals surface area contributed by atoms with E-state index in [0.717, 1.165) is 41.4 Å². The minimum atomic E-state index is -0.303. The normalized spacial score (nSPS) is 18.2. The van der Waals surface area contributed by atoms with Crippen LogP contribution in [0.15, 0.2) is 42.6 Å². The fourth-order valence-electron chi connectivity index (χ4n) is 4.67. The predicted molar refractivity (Wildman–Crippen MR) is 119 cm³/mol. The maximum absolute atomic E-state index is 12.7. The van der Waals surface area contributed by atoms with Crippen LogP contribution in [0.4, 0.5) is 5.69 Å². The van der Waals surface area contributed by atoms with E-state index in [1.54, 1.807) is 4.90 Å². The Morgan fingerprint density at radius 3 is 2.93 bits per heavy atom. The van der Waals surface area contributed by atoms with Gasteiger partial charge in [0.1, 0.15) is 0 Å². The highest BCUT2D eigenvalue weighted by Gasteiger charge is 2.34. The minimum absolute atomic E-state index is 0.0435. The van der Waals surface area contributed by atoms with Crippen LogP contribution >= 0.6 is 11.6 Å². The third kappa shape index (κ3) is 3.70. The number of benzene rings is 2. The molecule has 0 radical (unpaired) electrons. The van der Waals surface area contributed by atoms with Gasteiger partial charge in [-0.05, 0) is 72.7 Å². The topological polar surface area (TPSA) is 65.2 Å². The molecule has 0 unspecified atom stereocenters. The molecule has 154 valence electrons. The summed E-state index contributed by atoms with van der Waals surface area (Å²) in [5.74, 6) is -0.326. The number of rotatable bonds is 5. The van der Waals surface area contributed by atoms with E-state index < -0.39 is 0 Å². The first-order valence-electron chi connectivity index (χ1n) is 10.5. The number of carbonyl (C=O) groups is 2. The number of likely N-dealkylation sites (tertiary alicyclic amines) is 1. The summed E-state index contributed by atoms with van der Waals surface area (Å²) in [4.78, 5) is 30.3. The zero-order valence-electron chi connectivity index (χ0n) is 16.7. The Balaban J connectivity index is 1.21.